The molecule has 4 rings (SSSR count). The third-order valence-electron chi connectivity index (χ3n) is 5.28. The molecule has 1 aliphatic rings. The van der Waals surface area contributed by atoms with E-state index in [1.807, 2.05) is 19.1 Å². The molecule has 0 saturated heterocycles. The summed E-state index contributed by atoms with van der Waals surface area (Å²) in [6, 6.07) is 15.7. The van der Waals surface area contributed by atoms with Gasteiger partial charge in [0.05, 0.1) is 24.1 Å². The molecule has 1 aromatic heterocycles. The van der Waals surface area contributed by atoms with Gasteiger partial charge in [-0.1, -0.05) is 23.2 Å². The number of benzene rings is 2. The molecule has 34 heavy (non-hydrogen) atoms. The zero-order valence-electron chi connectivity index (χ0n) is 18.3. The van der Waals surface area contributed by atoms with Crippen LogP contribution in [0.5, 0.6) is 0 Å². The Labute approximate surface area is 200 Å². The van der Waals surface area contributed by atoms with Crippen LogP contribution < -0.4 is 5.32 Å². The molecule has 0 radical (unpaired) electrons. The maximum Gasteiger partial charge on any atom is 0.308 e. The molecule has 3 aromatic rings. The maximum absolute atomic E-state index is 12.4. The first-order valence-electron chi connectivity index (χ1n) is 10.6. The average Bonchev–Trinajstić information content (AvgIpc) is 3.38. The molecule has 0 unspecified atom stereocenters. The van der Waals surface area contributed by atoms with Gasteiger partial charge >= 0.3 is 5.97 Å². The molecule has 0 atom stereocenters. The van der Waals surface area contributed by atoms with E-state index in [0.717, 1.165) is 16.0 Å². The van der Waals surface area contributed by atoms with E-state index in [9.17, 15) is 19.2 Å². The van der Waals surface area contributed by atoms with Gasteiger partial charge in [0, 0.05) is 17.1 Å². The van der Waals surface area contributed by atoms with Crippen molar-refractivity contribution in [3.8, 4) is 11.3 Å². The first-order valence-corrected chi connectivity index (χ1v) is 10.9. The summed E-state index contributed by atoms with van der Waals surface area (Å²) in [5, 5.41) is 3.23. The maximum atomic E-state index is 12.4. The topological polar surface area (TPSA) is 106 Å². The standard InChI is InChI=1S/C25H21ClN2O6/c1-15-2-8-19-20(12-15)25(32)28(24(19)31)11-10-23(30)33-14-22(29)27-13-18-7-9-21(34-18)16-3-5-17(26)6-4-16/h2-9,12H,10-11,13-14H2,1H3,(H,27,29). The van der Waals surface area contributed by atoms with E-state index in [4.69, 9.17) is 20.8 Å². The van der Waals surface area contributed by atoms with Crippen LogP contribution in [0.4, 0.5) is 0 Å². The van der Waals surface area contributed by atoms with Crippen LogP contribution in [0.2, 0.25) is 5.02 Å². The summed E-state index contributed by atoms with van der Waals surface area (Å²) in [7, 11) is 0. The lowest BCUT2D eigenvalue weighted by Crippen LogP contribution is -2.33. The Morgan fingerprint density at radius 1 is 1.00 bits per heavy atom. The molecule has 9 heteroatoms. The molecule has 0 fully saturated rings. The normalized spacial score (nSPS) is 12.6. The smallest absolute Gasteiger partial charge is 0.308 e. The van der Waals surface area contributed by atoms with Crippen molar-refractivity contribution in [2.75, 3.05) is 13.2 Å². The Kier molecular flexibility index (Phi) is 6.79. The number of aryl methyl sites for hydroxylation is 1. The number of imide groups is 1. The van der Waals surface area contributed by atoms with Crippen molar-refractivity contribution < 1.29 is 28.3 Å². The minimum absolute atomic E-state index is 0.119. The van der Waals surface area contributed by atoms with Gasteiger partial charge in [-0.15, -0.1) is 0 Å². The van der Waals surface area contributed by atoms with E-state index in [-0.39, 0.29) is 19.5 Å². The number of nitrogens with zero attached hydrogens (tertiary/aromatic N) is 1. The first-order chi connectivity index (χ1) is 16.3. The highest BCUT2D eigenvalue weighted by molar-refractivity contribution is 6.30. The molecule has 174 valence electrons. The third kappa shape index (κ3) is 5.18. The molecule has 0 saturated carbocycles. The van der Waals surface area contributed by atoms with Crippen LogP contribution in [0, 0.1) is 6.92 Å². The van der Waals surface area contributed by atoms with E-state index < -0.39 is 30.3 Å². The summed E-state index contributed by atoms with van der Waals surface area (Å²) in [5.74, 6) is -0.909. The fourth-order valence-corrected chi connectivity index (χ4v) is 3.63. The van der Waals surface area contributed by atoms with Crippen molar-refractivity contribution in [3.63, 3.8) is 0 Å². The molecular formula is C25H21ClN2O6. The predicted octanol–water partition coefficient (Wildman–Crippen LogP) is 3.75. The summed E-state index contributed by atoms with van der Waals surface area (Å²) in [4.78, 5) is 49.9. The third-order valence-corrected chi connectivity index (χ3v) is 5.53. The van der Waals surface area contributed by atoms with Gasteiger partial charge in [0.2, 0.25) is 0 Å². The molecule has 3 amide bonds. The number of nitrogens with one attached hydrogen (secondary N) is 1. The fourth-order valence-electron chi connectivity index (χ4n) is 3.51. The van der Waals surface area contributed by atoms with Gasteiger partial charge in [0.25, 0.3) is 17.7 Å². The van der Waals surface area contributed by atoms with Crippen molar-refractivity contribution >= 4 is 35.3 Å². The monoisotopic (exact) mass is 480 g/mol. The molecule has 0 bridgehead atoms. The van der Waals surface area contributed by atoms with Gasteiger partial charge in [-0.25, -0.2) is 0 Å². The fraction of sp³-hybridized carbons (Fsp3) is 0.200. The Balaban J connectivity index is 1.20. The molecular weight excluding hydrogens is 460 g/mol. The van der Waals surface area contributed by atoms with Crippen molar-refractivity contribution in [1.82, 2.24) is 10.2 Å². The van der Waals surface area contributed by atoms with Crippen LogP contribution in [0.15, 0.2) is 59.0 Å². The van der Waals surface area contributed by atoms with Gasteiger partial charge in [-0.3, -0.25) is 24.1 Å². The van der Waals surface area contributed by atoms with Crippen molar-refractivity contribution in [3.05, 3.63) is 82.1 Å². The summed E-state index contributed by atoms with van der Waals surface area (Å²) in [6.07, 6.45) is -0.208. The van der Waals surface area contributed by atoms with E-state index in [1.165, 1.54) is 0 Å². The van der Waals surface area contributed by atoms with Gasteiger partial charge in [0.15, 0.2) is 6.61 Å². The second-order valence-corrected chi connectivity index (χ2v) is 8.21. The molecule has 1 aliphatic heterocycles. The number of hydrogen-bond acceptors (Lipinski definition) is 6. The number of fused-ring (bicyclic) bond motifs is 1. The quantitative estimate of drug-likeness (QED) is 0.389. The van der Waals surface area contributed by atoms with Crippen molar-refractivity contribution in [2.24, 2.45) is 0 Å². The molecule has 0 aliphatic carbocycles. The van der Waals surface area contributed by atoms with Crippen LogP contribution in [0.25, 0.3) is 11.3 Å². The Bertz CT molecular complexity index is 1260. The van der Waals surface area contributed by atoms with Crippen LogP contribution >= 0.6 is 11.6 Å². The SMILES string of the molecule is Cc1ccc2c(c1)C(=O)N(CCC(=O)OCC(=O)NCc1ccc(-c3ccc(Cl)cc3)o1)C2=O. The summed E-state index contributed by atoms with van der Waals surface area (Å²) in [6.45, 7) is 1.35. The van der Waals surface area contributed by atoms with Crippen molar-refractivity contribution in [2.45, 2.75) is 19.9 Å². The van der Waals surface area contributed by atoms with E-state index in [0.29, 0.717) is 27.7 Å². The Morgan fingerprint density at radius 3 is 2.50 bits per heavy atom. The summed E-state index contributed by atoms with van der Waals surface area (Å²) < 4.78 is 10.7. The highest BCUT2D eigenvalue weighted by Gasteiger charge is 2.35. The lowest BCUT2D eigenvalue weighted by atomic mass is 10.1. The largest absolute Gasteiger partial charge is 0.459 e. The Hall–Kier alpha value is -3.91. The zero-order valence-corrected chi connectivity index (χ0v) is 19.1. The molecule has 0 spiro atoms. The summed E-state index contributed by atoms with van der Waals surface area (Å²) in [5.41, 5.74) is 2.36. The number of carbonyl (C=O) groups is 4. The van der Waals surface area contributed by atoms with Crippen LogP contribution in [-0.2, 0) is 20.9 Å². The predicted molar refractivity (Wildman–Crippen MR) is 123 cm³/mol. The van der Waals surface area contributed by atoms with Crippen molar-refractivity contribution in [1.29, 1.82) is 0 Å². The van der Waals surface area contributed by atoms with Crippen LogP contribution in [0.3, 0.4) is 0 Å². The molecule has 8 nitrogen and oxygen atoms in total. The number of amides is 3. The molecule has 2 heterocycles. The number of esters is 1. The number of rotatable bonds is 8. The lowest BCUT2D eigenvalue weighted by molar-refractivity contribution is -0.148. The second kappa shape index (κ2) is 9.93. The minimum Gasteiger partial charge on any atom is -0.459 e. The van der Waals surface area contributed by atoms with Gasteiger partial charge in [-0.2, -0.15) is 0 Å². The minimum atomic E-state index is -0.689. The highest BCUT2D eigenvalue weighted by atomic mass is 35.5. The number of hydrogen-bond donors (Lipinski definition) is 1. The number of halogens is 1. The van der Waals surface area contributed by atoms with Gasteiger partial charge in [-0.05, 0) is 55.5 Å². The van der Waals surface area contributed by atoms with E-state index in [1.54, 1.807) is 42.5 Å². The zero-order chi connectivity index (χ0) is 24.2. The van der Waals surface area contributed by atoms with Crippen LogP contribution in [0.1, 0.15) is 38.5 Å². The molecule has 1 N–H and O–H groups in total. The van der Waals surface area contributed by atoms with Gasteiger partial charge in [0.1, 0.15) is 11.5 Å². The van der Waals surface area contributed by atoms with Crippen LogP contribution in [-0.4, -0.2) is 41.7 Å². The van der Waals surface area contributed by atoms with E-state index >= 15 is 0 Å². The highest BCUT2D eigenvalue weighted by Crippen LogP contribution is 2.25. The lowest BCUT2D eigenvalue weighted by Gasteiger charge is -2.13. The van der Waals surface area contributed by atoms with Gasteiger partial charge < -0.3 is 14.5 Å². The first kappa shape index (κ1) is 23.3. The number of ether oxygens (including phenoxy) is 1. The summed E-state index contributed by atoms with van der Waals surface area (Å²) >= 11 is 5.88. The number of furan rings is 1. The van der Waals surface area contributed by atoms with E-state index in [2.05, 4.69) is 5.32 Å². The Morgan fingerprint density at radius 2 is 1.74 bits per heavy atom. The number of carbonyl (C=O) groups excluding carboxylic acids is 4. The molecule has 2 aromatic carbocycles. The average molecular weight is 481 g/mol. The second-order valence-electron chi connectivity index (χ2n) is 7.77.